The molecule has 1 aliphatic carbocycles. The van der Waals surface area contributed by atoms with E-state index in [2.05, 4.69) is 74.5 Å². The van der Waals surface area contributed by atoms with Crippen LogP contribution in [0.15, 0.2) is 60.7 Å². The van der Waals surface area contributed by atoms with Gasteiger partial charge >= 0.3 is 0 Å². The minimum atomic E-state index is -0.386. The molecule has 1 saturated carbocycles. The van der Waals surface area contributed by atoms with Crippen molar-refractivity contribution in [1.82, 2.24) is 0 Å². The predicted octanol–water partition coefficient (Wildman–Crippen LogP) is 4.03. The van der Waals surface area contributed by atoms with E-state index in [4.69, 9.17) is 5.73 Å². The molecule has 3 rings (SSSR count). The summed E-state index contributed by atoms with van der Waals surface area (Å²) in [5, 5.41) is 3.27. The monoisotopic (exact) mass is 311 g/mol. The zero-order chi connectivity index (χ0) is 15.6. The van der Waals surface area contributed by atoms with E-state index in [9.17, 15) is 0 Å². The topological polar surface area (TPSA) is 26.0 Å². The van der Waals surface area contributed by atoms with Gasteiger partial charge in [-0.3, -0.25) is 0 Å². The lowest BCUT2D eigenvalue weighted by atomic mass is 9.91. The highest BCUT2D eigenvalue weighted by Crippen LogP contribution is 2.59. The highest BCUT2D eigenvalue weighted by atomic mass is 31.1. The summed E-state index contributed by atoms with van der Waals surface area (Å²) in [7, 11) is -0.386. The van der Waals surface area contributed by atoms with Crippen molar-refractivity contribution >= 4 is 18.5 Å². The van der Waals surface area contributed by atoms with Crippen LogP contribution in [0.1, 0.15) is 33.1 Å². The van der Waals surface area contributed by atoms with Crippen molar-refractivity contribution in [3.8, 4) is 0 Å². The maximum Gasteiger partial charge on any atom is 0.00475 e. The average Bonchev–Trinajstić information content (AvgIpc) is 2.92. The Hall–Kier alpha value is -1.17. The molecule has 22 heavy (non-hydrogen) atoms. The summed E-state index contributed by atoms with van der Waals surface area (Å²) in [5.74, 6) is 0.610. The molecule has 0 unspecified atom stereocenters. The first-order valence-corrected chi connectivity index (χ1v) is 9.63. The van der Waals surface area contributed by atoms with Crippen LogP contribution in [0.5, 0.6) is 0 Å². The van der Waals surface area contributed by atoms with Crippen LogP contribution in [0.4, 0.5) is 0 Å². The van der Waals surface area contributed by atoms with E-state index < -0.39 is 0 Å². The SMILES string of the molecule is C[C@H](N)[C@H]1CCC[C@@]1(C)P(c1ccccc1)c1ccccc1. The van der Waals surface area contributed by atoms with Crippen LogP contribution in [-0.2, 0) is 0 Å². The molecular weight excluding hydrogens is 285 g/mol. The van der Waals surface area contributed by atoms with Gasteiger partial charge in [-0.05, 0) is 44.2 Å². The van der Waals surface area contributed by atoms with Crippen LogP contribution in [0.3, 0.4) is 0 Å². The lowest BCUT2D eigenvalue weighted by Gasteiger charge is -2.42. The largest absolute Gasteiger partial charge is 0.328 e. The third kappa shape index (κ3) is 2.85. The van der Waals surface area contributed by atoms with Gasteiger partial charge in [-0.1, -0.05) is 74.0 Å². The van der Waals surface area contributed by atoms with Gasteiger partial charge in [0.05, 0.1) is 0 Å². The molecule has 0 spiro atoms. The van der Waals surface area contributed by atoms with Gasteiger partial charge in [0.25, 0.3) is 0 Å². The Morgan fingerprint density at radius 3 is 1.95 bits per heavy atom. The molecule has 1 fully saturated rings. The number of nitrogens with two attached hydrogens (primary N) is 1. The summed E-state index contributed by atoms with van der Waals surface area (Å²) in [6.07, 6.45) is 3.86. The molecule has 0 amide bonds. The molecule has 0 radical (unpaired) electrons. The Labute approximate surface area is 135 Å². The molecule has 0 saturated heterocycles. The second-order valence-corrected chi connectivity index (χ2v) is 9.45. The molecule has 3 atom stereocenters. The van der Waals surface area contributed by atoms with E-state index in [0.29, 0.717) is 11.1 Å². The van der Waals surface area contributed by atoms with Crippen LogP contribution in [0.25, 0.3) is 0 Å². The van der Waals surface area contributed by atoms with E-state index in [1.165, 1.54) is 29.9 Å². The van der Waals surface area contributed by atoms with Gasteiger partial charge in [0.2, 0.25) is 0 Å². The summed E-state index contributed by atoms with van der Waals surface area (Å²) in [6, 6.07) is 22.4. The fourth-order valence-electron chi connectivity index (χ4n) is 4.18. The van der Waals surface area contributed by atoms with Gasteiger partial charge in [0, 0.05) is 11.2 Å². The Morgan fingerprint density at radius 1 is 1.00 bits per heavy atom. The van der Waals surface area contributed by atoms with Gasteiger partial charge in [-0.2, -0.15) is 0 Å². The van der Waals surface area contributed by atoms with Gasteiger partial charge in [-0.25, -0.2) is 0 Å². The Balaban J connectivity index is 2.10. The van der Waals surface area contributed by atoms with E-state index in [0.717, 1.165) is 0 Å². The fourth-order valence-corrected chi connectivity index (χ4v) is 7.67. The third-order valence-electron chi connectivity index (χ3n) is 5.17. The second kappa shape index (κ2) is 6.52. The molecule has 1 aliphatic rings. The standard InChI is InChI=1S/C20H26NP/c1-16(21)19-14-9-15-20(19,2)22(17-10-5-3-6-11-17)18-12-7-4-8-13-18/h3-8,10-13,16,19H,9,14-15,21H2,1-2H3/t16-,19+,20+/m0/s1. The number of benzene rings is 2. The van der Waals surface area contributed by atoms with E-state index in [1.807, 2.05) is 0 Å². The van der Waals surface area contributed by atoms with E-state index in [-0.39, 0.29) is 14.0 Å². The maximum absolute atomic E-state index is 6.38. The maximum atomic E-state index is 6.38. The molecule has 2 N–H and O–H groups in total. The average molecular weight is 311 g/mol. The lowest BCUT2D eigenvalue weighted by Crippen LogP contribution is -2.43. The van der Waals surface area contributed by atoms with Gasteiger partial charge in [-0.15, -0.1) is 0 Å². The third-order valence-corrected chi connectivity index (χ3v) is 8.38. The Kier molecular flexibility index (Phi) is 4.66. The van der Waals surface area contributed by atoms with Crippen LogP contribution in [-0.4, -0.2) is 11.2 Å². The van der Waals surface area contributed by atoms with Gasteiger partial charge in [0.15, 0.2) is 0 Å². The quantitative estimate of drug-likeness (QED) is 0.848. The van der Waals surface area contributed by atoms with Crippen LogP contribution in [0, 0.1) is 5.92 Å². The van der Waals surface area contributed by atoms with Gasteiger partial charge < -0.3 is 5.73 Å². The molecule has 0 bridgehead atoms. The normalized spacial score (nSPS) is 26.3. The van der Waals surface area contributed by atoms with Crippen LogP contribution < -0.4 is 16.3 Å². The predicted molar refractivity (Wildman–Crippen MR) is 98.5 cm³/mol. The highest BCUT2D eigenvalue weighted by molar-refractivity contribution is 7.74. The molecule has 2 aromatic rings. The van der Waals surface area contributed by atoms with Crippen molar-refractivity contribution in [2.24, 2.45) is 11.7 Å². The minimum Gasteiger partial charge on any atom is -0.328 e. The molecule has 116 valence electrons. The zero-order valence-corrected chi connectivity index (χ0v) is 14.5. The fraction of sp³-hybridized carbons (Fsp3) is 0.400. The molecule has 2 aromatic carbocycles. The summed E-state index contributed by atoms with van der Waals surface area (Å²) in [6.45, 7) is 4.68. The van der Waals surface area contributed by atoms with Crippen molar-refractivity contribution in [3.05, 3.63) is 60.7 Å². The van der Waals surface area contributed by atoms with Gasteiger partial charge in [0.1, 0.15) is 0 Å². The zero-order valence-electron chi connectivity index (χ0n) is 13.6. The summed E-state index contributed by atoms with van der Waals surface area (Å²) in [5.41, 5.74) is 6.38. The highest BCUT2D eigenvalue weighted by Gasteiger charge is 2.47. The first-order chi connectivity index (χ1) is 10.6. The Bertz CT molecular complexity index is 556. The van der Waals surface area contributed by atoms with Crippen LogP contribution >= 0.6 is 7.92 Å². The Morgan fingerprint density at radius 2 is 1.50 bits per heavy atom. The second-order valence-electron chi connectivity index (χ2n) is 6.72. The van der Waals surface area contributed by atoms with E-state index in [1.54, 1.807) is 0 Å². The number of hydrogen-bond acceptors (Lipinski definition) is 1. The van der Waals surface area contributed by atoms with Crippen molar-refractivity contribution in [2.45, 2.75) is 44.3 Å². The molecular formula is C20H26NP. The summed E-state index contributed by atoms with van der Waals surface area (Å²) < 4.78 is 0. The summed E-state index contributed by atoms with van der Waals surface area (Å²) >= 11 is 0. The molecule has 2 heteroatoms. The number of hydrogen-bond donors (Lipinski definition) is 1. The minimum absolute atomic E-state index is 0.268. The van der Waals surface area contributed by atoms with Crippen molar-refractivity contribution < 1.29 is 0 Å². The number of rotatable bonds is 4. The van der Waals surface area contributed by atoms with Crippen molar-refractivity contribution in [2.75, 3.05) is 0 Å². The van der Waals surface area contributed by atoms with E-state index >= 15 is 0 Å². The lowest BCUT2D eigenvalue weighted by molar-refractivity contribution is 0.390. The molecule has 1 nitrogen and oxygen atoms in total. The molecule has 0 heterocycles. The molecule has 0 aromatic heterocycles. The smallest absolute Gasteiger partial charge is 0.00475 e. The first kappa shape index (κ1) is 15.7. The van der Waals surface area contributed by atoms with Crippen molar-refractivity contribution in [1.29, 1.82) is 0 Å². The summed E-state index contributed by atoms with van der Waals surface area (Å²) in [4.78, 5) is 0. The van der Waals surface area contributed by atoms with Crippen molar-refractivity contribution in [3.63, 3.8) is 0 Å². The first-order valence-electron chi connectivity index (χ1n) is 8.29. The van der Waals surface area contributed by atoms with Crippen LogP contribution in [0.2, 0.25) is 0 Å². The molecule has 0 aliphatic heterocycles.